The number of carbonyl (C=O) groups is 1. The maximum atomic E-state index is 10.8. The van der Waals surface area contributed by atoms with Crippen LogP contribution in [0.1, 0.15) is 32.6 Å². The van der Waals surface area contributed by atoms with Crippen molar-refractivity contribution in [3.05, 3.63) is 24.8 Å². The Labute approximate surface area is 101 Å². The molecule has 0 rings (SSSR count). The Kier molecular flexibility index (Phi) is 9.59. The number of rotatable bonds is 8. The molecule has 0 aliphatic rings. The monoisotopic (exact) mass is 274 g/mol. The largest absolute Gasteiger partial charge is 0.458 e. The molecule has 0 N–H and O–H groups in total. The number of halogens is 1. The summed E-state index contributed by atoms with van der Waals surface area (Å²) in [7, 11) is 0. The lowest BCUT2D eigenvalue weighted by atomic mass is 10.1. The third kappa shape index (κ3) is 9.73. The molecule has 0 bridgehead atoms. The van der Waals surface area contributed by atoms with E-state index in [0.29, 0.717) is 0 Å². The Morgan fingerprint density at radius 2 is 2.20 bits per heavy atom. The minimum absolute atomic E-state index is 0.101. The molecule has 0 aromatic rings. The Morgan fingerprint density at radius 1 is 1.47 bits per heavy atom. The smallest absolute Gasteiger partial charge is 0.303 e. The molecule has 0 aromatic heterocycles. The highest BCUT2D eigenvalue weighted by atomic mass is 79.9. The summed E-state index contributed by atoms with van der Waals surface area (Å²) in [6.45, 7) is 5.03. The van der Waals surface area contributed by atoms with E-state index in [2.05, 4.69) is 22.5 Å². The van der Waals surface area contributed by atoms with Crippen molar-refractivity contribution in [3.8, 4) is 0 Å². The number of alkyl halides is 1. The number of carbonyl (C=O) groups excluding carboxylic acids is 1. The van der Waals surface area contributed by atoms with Crippen molar-refractivity contribution < 1.29 is 9.53 Å². The summed E-state index contributed by atoms with van der Waals surface area (Å²) in [5.41, 5.74) is 0. The van der Waals surface area contributed by atoms with Gasteiger partial charge in [0.1, 0.15) is 6.10 Å². The van der Waals surface area contributed by atoms with Gasteiger partial charge in [0.15, 0.2) is 0 Å². The fourth-order valence-electron chi connectivity index (χ4n) is 1.23. The van der Waals surface area contributed by atoms with E-state index < -0.39 is 0 Å². The van der Waals surface area contributed by atoms with Crippen molar-refractivity contribution in [2.45, 2.75) is 38.7 Å². The Morgan fingerprint density at radius 3 is 2.73 bits per heavy atom. The summed E-state index contributed by atoms with van der Waals surface area (Å²) < 4.78 is 5.15. The summed E-state index contributed by atoms with van der Waals surface area (Å²) in [6.07, 6.45) is 9.57. The molecule has 0 amide bonds. The molecule has 1 unspecified atom stereocenters. The summed E-state index contributed by atoms with van der Waals surface area (Å²) >= 11 is 3.39. The van der Waals surface area contributed by atoms with Crippen LogP contribution in [0.2, 0.25) is 0 Å². The fraction of sp³-hybridized carbons (Fsp3) is 0.583. The van der Waals surface area contributed by atoms with Gasteiger partial charge in [0.05, 0.1) is 0 Å². The van der Waals surface area contributed by atoms with Crippen LogP contribution in [0.25, 0.3) is 0 Å². The molecule has 0 heterocycles. The van der Waals surface area contributed by atoms with Crippen LogP contribution < -0.4 is 0 Å². The van der Waals surface area contributed by atoms with Crippen molar-refractivity contribution >= 4 is 21.9 Å². The lowest BCUT2D eigenvalue weighted by Crippen LogP contribution is -2.13. The molecule has 1 atom stereocenters. The van der Waals surface area contributed by atoms with Crippen molar-refractivity contribution in [2.24, 2.45) is 0 Å². The average Bonchev–Trinajstić information content (AvgIpc) is 2.19. The van der Waals surface area contributed by atoms with Crippen LogP contribution in [0.15, 0.2) is 24.8 Å². The van der Waals surface area contributed by atoms with Gasteiger partial charge in [0.25, 0.3) is 0 Å². The molecule has 0 fully saturated rings. The second kappa shape index (κ2) is 9.97. The third-order valence-electron chi connectivity index (χ3n) is 1.90. The first-order chi connectivity index (χ1) is 7.20. The topological polar surface area (TPSA) is 26.3 Å². The second-order valence-electron chi connectivity index (χ2n) is 3.31. The first-order valence-electron chi connectivity index (χ1n) is 5.23. The molecule has 86 valence electrons. The molecule has 2 nitrogen and oxygen atoms in total. The number of ether oxygens (including phenoxy) is 1. The Balaban J connectivity index is 3.84. The van der Waals surface area contributed by atoms with E-state index in [1.54, 1.807) is 6.08 Å². The first-order valence-corrected chi connectivity index (χ1v) is 6.35. The van der Waals surface area contributed by atoms with Gasteiger partial charge in [-0.1, -0.05) is 41.1 Å². The normalized spacial score (nSPS) is 12.7. The van der Waals surface area contributed by atoms with Crippen molar-refractivity contribution in [1.82, 2.24) is 0 Å². The third-order valence-corrected chi connectivity index (χ3v) is 2.46. The van der Waals surface area contributed by atoms with Crippen LogP contribution in [-0.2, 0) is 9.53 Å². The molecule has 0 spiro atoms. The quantitative estimate of drug-likeness (QED) is 0.293. The molecule has 0 radical (unpaired) electrons. The zero-order chi connectivity index (χ0) is 11.5. The van der Waals surface area contributed by atoms with Gasteiger partial charge in [-0.15, -0.1) is 0 Å². The van der Waals surface area contributed by atoms with Crippen molar-refractivity contribution in [1.29, 1.82) is 0 Å². The van der Waals surface area contributed by atoms with Gasteiger partial charge in [0.2, 0.25) is 0 Å². The van der Waals surface area contributed by atoms with E-state index in [1.807, 2.05) is 12.2 Å². The van der Waals surface area contributed by atoms with E-state index >= 15 is 0 Å². The van der Waals surface area contributed by atoms with Gasteiger partial charge < -0.3 is 4.74 Å². The van der Waals surface area contributed by atoms with Crippen LogP contribution in [0.5, 0.6) is 0 Å². The molecule has 0 aliphatic heterocycles. The van der Waals surface area contributed by atoms with E-state index in [9.17, 15) is 4.79 Å². The van der Waals surface area contributed by atoms with Gasteiger partial charge in [-0.3, -0.25) is 4.79 Å². The standard InChI is InChI=1S/C12H19BrO2/c1-3-4-8-12(15-11(2)14)9-6-5-7-10-13/h3-4,8,12H,1,5-7,9-10H2,2H3/b8-4+. The van der Waals surface area contributed by atoms with Gasteiger partial charge in [-0.2, -0.15) is 0 Å². The first kappa shape index (κ1) is 14.4. The maximum Gasteiger partial charge on any atom is 0.303 e. The Bertz CT molecular complexity index is 212. The zero-order valence-corrected chi connectivity index (χ0v) is 10.8. The molecule has 0 saturated carbocycles. The van der Waals surface area contributed by atoms with Gasteiger partial charge in [-0.05, 0) is 25.3 Å². The van der Waals surface area contributed by atoms with Gasteiger partial charge in [0, 0.05) is 12.3 Å². The highest BCUT2D eigenvalue weighted by Gasteiger charge is 2.06. The number of hydrogen-bond donors (Lipinski definition) is 0. The van der Waals surface area contributed by atoms with Crippen LogP contribution >= 0.6 is 15.9 Å². The molecule has 0 saturated heterocycles. The zero-order valence-electron chi connectivity index (χ0n) is 9.25. The highest BCUT2D eigenvalue weighted by molar-refractivity contribution is 9.09. The van der Waals surface area contributed by atoms with Crippen LogP contribution in [0, 0.1) is 0 Å². The Hall–Kier alpha value is -0.570. The SMILES string of the molecule is C=C/C=C/C(CCCCCBr)OC(C)=O. The summed E-state index contributed by atoms with van der Waals surface area (Å²) in [6, 6.07) is 0. The lowest BCUT2D eigenvalue weighted by Gasteiger charge is -2.12. The summed E-state index contributed by atoms with van der Waals surface area (Å²) in [5, 5.41) is 1.04. The minimum Gasteiger partial charge on any atom is -0.458 e. The van der Waals surface area contributed by atoms with Crippen molar-refractivity contribution in [2.75, 3.05) is 5.33 Å². The van der Waals surface area contributed by atoms with Crippen LogP contribution in [0.4, 0.5) is 0 Å². The molecule has 3 heteroatoms. The van der Waals surface area contributed by atoms with E-state index in [0.717, 1.165) is 31.0 Å². The minimum atomic E-state index is -0.228. The average molecular weight is 275 g/mol. The van der Waals surface area contributed by atoms with Gasteiger partial charge >= 0.3 is 5.97 Å². The van der Waals surface area contributed by atoms with E-state index in [-0.39, 0.29) is 12.1 Å². The van der Waals surface area contributed by atoms with Crippen LogP contribution in [-0.4, -0.2) is 17.4 Å². The predicted octanol–water partition coefficient (Wildman–Crippen LogP) is 3.62. The number of allylic oxidation sites excluding steroid dienone is 2. The summed E-state index contributed by atoms with van der Waals surface area (Å²) in [5.74, 6) is -0.228. The summed E-state index contributed by atoms with van der Waals surface area (Å²) in [4.78, 5) is 10.8. The maximum absolute atomic E-state index is 10.8. The van der Waals surface area contributed by atoms with E-state index in [4.69, 9.17) is 4.74 Å². The number of esters is 1. The van der Waals surface area contributed by atoms with Crippen molar-refractivity contribution in [3.63, 3.8) is 0 Å². The molecule has 0 aromatic carbocycles. The molecule has 0 aliphatic carbocycles. The number of unbranched alkanes of at least 4 members (excludes halogenated alkanes) is 2. The van der Waals surface area contributed by atoms with E-state index in [1.165, 1.54) is 6.92 Å². The molecule has 15 heavy (non-hydrogen) atoms. The second-order valence-corrected chi connectivity index (χ2v) is 4.10. The lowest BCUT2D eigenvalue weighted by molar-refractivity contribution is -0.144. The highest BCUT2D eigenvalue weighted by Crippen LogP contribution is 2.09. The molecular weight excluding hydrogens is 256 g/mol. The van der Waals surface area contributed by atoms with Crippen LogP contribution in [0.3, 0.4) is 0 Å². The van der Waals surface area contributed by atoms with Gasteiger partial charge in [-0.25, -0.2) is 0 Å². The molecular formula is C12H19BrO2. The predicted molar refractivity (Wildman–Crippen MR) is 67.2 cm³/mol. The fourth-order valence-corrected chi connectivity index (χ4v) is 1.62. The number of hydrogen-bond acceptors (Lipinski definition) is 2.